The van der Waals surface area contributed by atoms with Crippen LogP contribution in [0.1, 0.15) is 58.9 Å². The lowest BCUT2D eigenvalue weighted by molar-refractivity contribution is -0.120. The van der Waals surface area contributed by atoms with E-state index in [0.717, 1.165) is 25.8 Å². The highest BCUT2D eigenvalue weighted by atomic mass is 16.1. The maximum Gasteiger partial charge on any atom is 0.134 e. The molecule has 2 heteroatoms. The van der Waals surface area contributed by atoms with Gasteiger partial charge in [0.2, 0.25) is 0 Å². The van der Waals surface area contributed by atoms with Crippen LogP contribution in [0.5, 0.6) is 0 Å². The molecule has 1 rings (SSSR count). The quantitative estimate of drug-likeness (QED) is 0.764. The van der Waals surface area contributed by atoms with E-state index in [1.807, 2.05) is 6.07 Å². The first-order chi connectivity index (χ1) is 9.43. The number of hydrogen-bond donors (Lipinski definition) is 1. The largest absolute Gasteiger partial charge is 0.309 e. The molecule has 1 unspecified atom stereocenters. The number of hydrogen-bond acceptors (Lipinski definition) is 2. The Labute approximate surface area is 124 Å². The first-order valence-electron chi connectivity index (χ1n) is 7.72. The van der Waals surface area contributed by atoms with Crippen LogP contribution in [-0.4, -0.2) is 11.8 Å². The lowest BCUT2D eigenvalue weighted by Gasteiger charge is -2.31. The normalized spacial score (nSPS) is 13.2. The molecule has 0 aliphatic carbocycles. The second kappa shape index (κ2) is 8.21. The summed E-state index contributed by atoms with van der Waals surface area (Å²) < 4.78 is 0. The summed E-state index contributed by atoms with van der Waals surface area (Å²) in [7, 11) is 0. The summed E-state index contributed by atoms with van der Waals surface area (Å²) in [5.41, 5.74) is 1.36. The number of Topliss-reactive ketones (excluding diaryl/α,β-unsaturated/α-hetero) is 1. The van der Waals surface area contributed by atoms with Gasteiger partial charge in [-0.2, -0.15) is 0 Å². The fraction of sp³-hybridized carbons (Fsp3) is 0.611. The van der Waals surface area contributed by atoms with Crippen molar-refractivity contribution in [3.8, 4) is 0 Å². The Hall–Kier alpha value is -1.15. The van der Waals surface area contributed by atoms with E-state index in [4.69, 9.17) is 0 Å². The van der Waals surface area contributed by atoms with Gasteiger partial charge < -0.3 is 5.32 Å². The molecule has 20 heavy (non-hydrogen) atoms. The van der Waals surface area contributed by atoms with E-state index in [2.05, 4.69) is 57.3 Å². The van der Waals surface area contributed by atoms with Gasteiger partial charge in [0.15, 0.2) is 0 Å². The third kappa shape index (κ3) is 6.33. The maximum atomic E-state index is 12.0. The van der Waals surface area contributed by atoms with Crippen LogP contribution in [-0.2, 0) is 11.3 Å². The highest BCUT2D eigenvalue weighted by Gasteiger charge is 2.26. The van der Waals surface area contributed by atoms with Gasteiger partial charge in [0.1, 0.15) is 5.78 Å². The molecule has 0 aromatic heterocycles. The van der Waals surface area contributed by atoms with Gasteiger partial charge in [0, 0.05) is 25.4 Å². The number of benzene rings is 1. The summed E-state index contributed by atoms with van der Waals surface area (Å²) in [6.07, 6.45) is 3.45. The molecule has 0 bridgehead atoms. The number of carbonyl (C=O) groups is 1. The number of ketones is 1. The van der Waals surface area contributed by atoms with Gasteiger partial charge >= 0.3 is 0 Å². The zero-order chi connectivity index (χ0) is 15.0. The van der Waals surface area contributed by atoms with Crippen molar-refractivity contribution in [1.82, 2.24) is 5.32 Å². The average Bonchev–Trinajstić information content (AvgIpc) is 2.41. The van der Waals surface area contributed by atoms with Crippen LogP contribution in [0, 0.1) is 5.41 Å². The molecule has 1 aromatic rings. The first kappa shape index (κ1) is 16.9. The fourth-order valence-electron chi connectivity index (χ4n) is 2.23. The molecular formula is C18H29NO. The average molecular weight is 275 g/mol. The van der Waals surface area contributed by atoms with Crippen molar-refractivity contribution >= 4 is 5.78 Å². The summed E-state index contributed by atoms with van der Waals surface area (Å²) in [4.78, 5) is 12.0. The summed E-state index contributed by atoms with van der Waals surface area (Å²) >= 11 is 0. The molecule has 0 heterocycles. The predicted octanol–water partition coefficient (Wildman–Crippen LogP) is 4.34. The molecule has 0 aliphatic rings. The third-order valence-corrected chi connectivity index (χ3v) is 3.68. The minimum atomic E-state index is 0.0939. The van der Waals surface area contributed by atoms with Gasteiger partial charge in [-0.15, -0.1) is 0 Å². The van der Waals surface area contributed by atoms with Crippen LogP contribution < -0.4 is 5.32 Å². The molecule has 2 nitrogen and oxygen atoms in total. The van der Waals surface area contributed by atoms with E-state index in [-0.39, 0.29) is 11.5 Å². The van der Waals surface area contributed by atoms with E-state index in [9.17, 15) is 4.79 Å². The second-order valence-electron chi connectivity index (χ2n) is 6.63. The van der Waals surface area contributed by atoms with Crippen LogP contribution in [0.25, 0.3) is 0 Å². The van der Waals surface area contributed by atoms with Gasteiger partial charge in [-0.3, -0.25) is 4.79 Å². The van der Waals surface area contributed by atoms with Crippen LogP contribution in [0.2, 0.25) is 0 Å². The molecule has 0 spiro atoms. The van der Waals surface area contributed by atoms with Gasteiger partial charge in [-0.05, 0) is 17.4 Å². The van der Waals surface area contributed by atoms with Crippen molar-refractivity contribution < 1.29 is 4.79 Å². The van der Waals surface area contributed by atoms with E-state index in [1.54, 1.807) is 0 Å². The lowest BCUT2D eigenvalue weighted by atomic mass is 9.83. The van der Waals surface area contributed by atoms with Gasteiger partial charge in [0.25, 0.3) is 0 Å². The Morgan fingerprint density at radius 2 is 1.85 bits per heavy atom. The van der Waals surface area contributed by atoms with E-state index in [1.165, 1.54) is 5.56 Å². The van der Waals surface area contributed by atoms with Crippen molar-refractivity contribution in [3.05, 3.63) is 35.9 Å². The Kier molecular flexibility index (Phi) is 6.94. The van der Waals surface area contributed by atoms with E-state index >= 15 is 0 Å². The van der Waals surface area contributed by atoms with Crippen LogP contribution in [0.3, 0.4) is 0 Å². The molecular weight excluding hydrogens is 246 g/mol. The summed E-state index contributed by atoms with van der Waals surface area (Å²) in [5, 5.41) is 3.56. The molecule has 0 radical (unpaired) electrons. The first-order valence-corrected chi connectivity index (χ1v) is 7.72. The molecule has 0 saturated heterocycles. The van der Waals surface area contributed by atoms with Gasteiger partial charge in [0.05, 0.1) is 0 Å². The molecule has 0 fully saturated rings. The van der Waals surface area contributed by atoms with Crippen LogP contribution in [0.15, 0.2) is 30.3 Å². The number of unbranched alkanes of at least 4 members (excludes halogenated alkanes) is 1. The Morgan fingerprint density at radius 1 is 1.20 bits per heavy atom. The monoisotopic (exact) mass is 275 g/mol. The van der Waals surface area contributed by atoms with E-state index in [0.29, 0.717) is 12.2 Å². The maximum absolute atomic E-state index is 12.0. The minimum absolute atomic E-state index is 0.0939. The molecule has 1 atom stereocenters. The third-order valence-electron chi connectivity index (χ3n) is 3.68. The highest BCUT2D eigenvalue weighted by molar-refractivity contribution is 5.79. The van der Waals surface area contributed by atoms with Crippen LogP contribution in [0.4, 0.5) is 0 Å². The zero-order valence-corrected chi connectivity index (χ0v) is 13.4. The van der Waals surface area contributed by atoms with Crippen molar-refractivity contribution in [2.24, 2.45) is 5.41 Å². The zero-order valence-electron chi connectivity index (χ0n) is 13.4. The Balaban J connectivity index is 2.55. The summed E-state index contributed by atoms with van der Waals surface area (Å²) in [5.74, 6) is 0.382. The lowest BCUT2D eigenvalue weighted by Crippen LogP contribution is -2.41. The highest BCUT2D eigenvalue weighted by Crippen LogP contribution is 2.23. The number of rotatable bonds is 8. The summed E-state index contributed by atoms with van der Waals surface area (Å²) in [6, 6.07) is 10.6. The Bertz CT molecular complexity index is 392. The molecule has 0 amide bonds. The molecule has 112 valence electrons. The fourth-order valence-corrected chi connectivity index (χ4v) is 2.23. The molecule has 1 aromatic carbocycles. The van der Waals surface area contributed by atoms with Crippen molar-refractivity contribution in [1.29, 1.82) is 0 Å². The van der Waals surface area contributed by atoms with Crippen molar-refractivity contribution in [2.75, 3.05) is 0 Å². The molecule has 1 N–H and O–H groups in total. The van der Waals surface area contributed by atoms with Crippen molar-refractivity contribution in [2.45, 2.75) is 66.0 Å². The smallest absolute Gasteiger partial charge is 0.134 e. The van der Waals surface area contributed by atoms with Crippen molar-refractivity contribution in [3.63, 3.8) is 0 Å². The summed E-state index contributed by atoms with van der Waals surface area (Å²) in [6.45, 7) is 9.54. The topological polar surface area (TPSA) is 29.1 Å². The second-order valence-corrected chi connectivity index (χ2v) is 6.63. The standard InChI is InChI=1S/C18H29NO/c1-5-6-12-16(20)13-17(18(2,3)4)19-14-15-10-8-7-9-11-15/h7-11,17,19H,5-6,12-14H2,1-4H3. The molecule has 0 aliphatic heterocycles. The predicted molar refractivity (Wildman–Crippen MR) is 85.7 cm³/mol. The van der Waals surface area contributed by atoms with Crippen LogP contribution >= 0.6 is 0 Å². The number of nitrogens with one attached hydrogen (secondary N) is 1. The minimum Gasteiger partial charge on any atom is -0.309 e. The SMILES string of the molecule is CCCCC(=O)CC(NCc1ccccc1)C(C)(C)C. The van der Waals surface area contributed by atoms with Gasteiger partial charge in [-0.1, -0.05) is 64.4 Å². The van der Waals surface area contributed by atoms with Gasteiger partial charge in [-0.25, -0.2) is 0 Å². The Morgan fingerprint density at radius 3 is 2.40 bits per heavy atom. The number of carbonyl (C=O) groups excluding carboxylic acids is 1. The van der Waals surface area contributed by atoms with E-state index < -0.39 is 0 Å². The molecule has 0 saturated carbocycles.